The minimum atomic E-state index is -0.643. The van der Waals surface area contributed by atoms with Crippen LogP contribution in [0.2, 0.25) is 15.1 Å². The minimum Gasteiger partial charge on any atom is -0.485 e. The fraction of sp³-hybridized carbons (Fsp3) is 0.548. The number of piperidine rings is 1. The first-order chi connectivity index (χ1) is 25.8. The molecule has 290 valence electrons. The number of aryl methyl sites for hydroxylation is 1. The number of nitrogens with zero attached hydrogens (tertiary/aromatic N) is 4. The number of methoxy groups -OCH3 is 1. The van der Waals surface area contributed by atoms with Crippen LogP contribution in [0.3, 0.4) is 0 Å². The summed E-state index contributed by atoms with van der Waals surface area (Å²) in [6.45, 7) is 10.1. The summed E-state index contributed by atoms with van der Waals surface area (Å²) in [5.41, 5.74) is 3.40. The normalized spacial score (nSPS) is 23.8. The van der Waals surface area contributed by atoms with E-state index in [2.05, 4.69) is 23.1 Å². The lowest BCUT2D eigenvalue weighted by Crippen LogP contribution is -2.56. The molecule has 4 fully saturated rings. The Hall–Kier alpha value is -3.24. The molecule has 1 aromatic heterocycles. The maximum atomic E-state index is 15.1. The van der Waals surface area contributed by atoms with Crippen LogP contribution < -0.4 is 9.64 Å². The number of ether oxygens (including phenoxy) is 3. The lowest BCUT2D eigenvalue weighted by molar-refractivity contribution is -0.141. The number of fused-ring (bicyclic) bond motifs is 2. The molecule has 2 bridgehead atoms. The monoisotopic (exact) mass is 796 g/mol. The van der Waals surface area contributed by atoms with Crippen LogP contribution in [0.5, 0.6) is 5.75 Å². The van der Waals surface area contributed by atoms with Crippen LogP contribution in [0.15, 0.2) is 48.7 Å². The molecule has 1 saturated carbocycles. The van der Waals surface area contributed by atoms with E-state index < -0.39 is 11.5 Å². The fourth-order valence-corrected chi connectivity index (χ4v) is 9.42. The summed E-state index contributed by atoms with van der Waals surface area (Å²) in [7, 11) is 1.69. The predicted molar refractivity (Wildman–Crippen MR) is 213 cm³/mol. The van der Waals surface area contributed by atoms with Crippen LogP contribution in [0.4, 0.5) is 10.6 Å². The minimum absolute atomic E-state index is 0.0169. The van der Waals surface area contributed by atoms with Gasteiger partial charge in [0.05, 0.1) is 29.1 Å². The van der Waals surface area contributed by atoms with E-state index in [0.29, 0.717) is 46.9 Å². The molecule has 2 amide bonds. The Morgan fingerprint density at radius 3 is 2.39 bits per heavy atom. The second kappa shape index (κ2) is 16.1. The third kappa shape index (κ3) is 8.59. The molecule has 3 aromatic rings. The number of rotatable bonds is 11. The zero-order chi connectivity index (χ0) is 38.3. The molecule has 9 nitrogen and oxygen atoms in total. The maximum Gasteiger partial charge on any atom is 0.410 e. The van der Waals surface area contributed by atoms with E-state index in [1.807, 2.05) is 68.0 Å². The van der Waals surface area contributed by atoms with Gasteiger partial charge in [-0.1, -0.05) is 53.0 Å². The number of hydrogen-bond donors (Lipinski definition) is 0. The van der Waals surface area contributed by atoms with E-state index in [1.165, 1.54) is 0 Å². The Kier molecular flexibility index (Phi) is 11.6. The highest BCUT2D eigenvalue weighted by molar-refractivity contribution is 6.37. The molecule has 5 atom stereocenters. The van der Waals surface area contributed by atoms with E-state index in [0.717, 1.165) is 73.1 Å². The van der Waals surface area contributed by atoms with Crippen LogP contribution >= 0.6 is 34.8 Å². The van der Waals surface area contributed by atoms with Gasteiger partial charge < -0.3 is 28.9 Å². The van der Waals surface area contributed by atoms with Crippen LogP contribution in [-0.4, -0.2) is 83.4 Å². The van der Waals surface area contributed by atoms with Crippen molar-refractivity contribution in [3.05, 3.63) is 86.0 Å². The summed E-state index contributed by atoms with van der Waals surface area (Å²) in [5.74, 6) is 0.875. The summed E-state index contributed by atoms with van der Waals surface area (Å²) in [6, 6.07) is 13.8. The third-order valence-electron chi connectivity index (χ3n) is 11.2. The first-order valence-electron chi connectivity index (χ1n) is 19.2. The summed E-state index contributed by atoms with van der Waals surface area (Å²) in [5, 5.41) is 1.66. The third-order valence-corrected chi connectivity index (χ3v) is 12.2. The summed E-state index contributed by atoms with van der Waals surface area (Å²) < 4.78 is 17.5. The van der Waals surface area contributed by atoms with Crippen molar-refractivity contribution in [3.63, 3.8) is 0 Å². The number of pyridine rings is 1. The highest BCUT2D eigenvalue weighted by atomic mass is 35.5. The molecule has 54 heavy (non-hydrogen) atoms. The molecule has 3 saturated heterocycles. The van der Waals surface area contributed by atoms with Gasteiger partial charge in [-0.2, -0.15) is 0 Å². The van der Waals surface area contributed by atoms with Gasteiger partial charge in [-0.25, -0.2) is 9.78 Å². The van der Waals surface area contributed by atoms with Gasteiger partial charge in [-0.3, -0.25) is 4.79 Å². The molecular formula is C42H51Cl3N4O5. The van der Waals surface area contributed by atoms with Gasteiger partial charge in [0.25, 0.3) is 0 Å². The van der Waals surface area contributed by atoms with E-state index in [9.17, 15) is 4.79 Å². The van der Waals surface area contributed by atoms with Crippen molar-refractivity contribution < 1.29 is 23.8 Å². The van der Waals surface area contributed by atoms with E-state index >= 15 is 4.79 Å². The average Bonchev–Trinajstić information content (AvgIpc) is 3.77. The molecule has 3 aliphatic heterocycles. The standard InChI is InChI=1S/C42H51Cl3N4O5/c1-25-18-34(44)39(35(45)19-25)53-31-14-16-47(24-31)37-13-7-27(22-46-37)32-21-30-10-12-36(49(30)41(51)54-42(2,3)4)38(32)40(50)48(29-8-9-29)23-28-20-26(15-17-52-5)6-11-33(28)43/h6-7,11,13,18-20,22,29-32,36,38H,8-10,12,14-17,21,23-24H2,1-5H3/t30-,31?,32+,36+,38+/m0/s1. The Morgan fingerprint density at radius 2 is 1.72 bits per heavy atom. The van der Waals surface area contributed by atoms with Crippen molar-refractivity contribution >= 4 is 52.6 Å². The highest BCUT2D eigenvalue weighted by Crippen LogP contribution is 2.49. The van der Waals surface area contributed by atoms with Crippen LogP contribution in [0, 0.1) is 12.8 Å². The van der Waals surface area contributed by atoms with Gasteiger partial charge in [0.1, 0.15) is 17.5 Å². The Bertz CT molecular complexity index is 1830. The highest BCUT2D eigenvalue weighted by Gasteiger charge is 2.55. The van der Waals surface area contributed by atoms with E-state index in [-0.39, 0.29) is 42.1 Å². The molecule has 1 aliphatic carbocycles. The first-order valence-corrected chi connectivity index (χ1v) is 20.3. The van der Waals surface area contributed by atoms with Crippen LogP contribution in [-0.2, 0) is 27.2 Å². The van der Waals surface area contributed by atoms with Crippen molar-refractivity contribution in [3.8, 4) is 5.75 Å². The molecule has 4 heterocycles. The molecular weight excluding hydrogens is 747 g/mol. The maximum absolute atomic E-state index is 15.1. The zero-order valence-electron chi connectivity index (χ0n) is 31.8. The quantitative estimate of drug-likeness (QED) is 0.191. The Balaban J connectivity index is 1.14. The molecule has 2 aromatic carbocycles. The SMILES string of the molecule is COCCc1ccc(Cl)c(CN(C(=O)[C@@H]2[C@@H](c3ccc(N4CCC(Oc5c(Cl)cc(C)cc5Cl)C4)nc3)C[C@@H]3CC[C@H]2N3C(=O)OC(C)(C)C)C2CC2)c1. The summed E-state index contributed by atoms with van der Waals surface area (Å²) >= 11 is 19.7. The molecule has 4 aliphatic rings. The number of halogens is 3. The van der Waals surface area contributed by atoms with Gasteiger partial charge in [0.2, 0.25) is 5.91 Å². The van der Waals surface area contributed by atoms with Crippen LogP contribution in [0.1, 0.15) is 87.5 Å². The lowest BCUT2D eigenvalue weighted by Gasteiger charge is -2.45. The number of aromatic nitrogens is 1. The van der Waals surface area contributed by atoms with Crippen molar-refractivity contribution in [2.75, 3.05) is 31.7 Å². The topological polar surface area (TPSA) is 84.4 Å². The summed E-state index contributed by atoms with van der Waals surface area (Å²) in [4.78, 5) is 40.0. The zero-order valence-corrected chi connectivity index (χ0v) is 34.1. The van der Waals surface area contributed by atoms with Crippen molar-refractivity contribution in [2.24, 2.45) is 5.92 Å². The first kappa shape index (κ1) is 39.0. The van der Waals surface area contributed by atoms with Crippen molar-refractivity contribution in [2.45, 2.75) is 115 Å². The molecule has 7 rings (SSSR count). The summed E-state index contributed by atoms with van der Waals surface area (Å²) in [6.07, 6.45) is 7.23. The number of anilines is 1. The number of hydrogen-bond acceptors (Lipinski definition) is 7. The molecule has 12 heteroatoms. The second-order valence-electron chi connectivity index (χ2n) is 16.4. The van der Waals surface area contributed by atoms with Crippen molar-refractivity contribution in [1.82, 2.24) is 14.8 Å². The van der Waals surface area contributed by atoms with Gasteiger partial charge in [-0.15, -0.1) is 0 Å². The molecule has 1 unspecified atom stereocenters. The smallest absolute Gasteiger partial charge is 0.410 e. The van der Waals surface area contributed by atoms with Gasteiger partial charge in [0, 0.05) is 61.9 Å². The molecule has 0 spiro atoms. The molecule has 0 N–H and O–H groups in total. The fourth-order valence-electron chi connectivity index (χ4n) is 8.56. The second-order valence-corrected chi connectivity index (χ2v) is 17.6. The predicted octanol–water partition coefficient (Wildman–Crippen LogP) is 9.26. The van der Waals surface area contributed by atoms with Crippen molar-refractivity contribution in [1.29, 1.82) is 0 Å². The number of amides is 2. The lowest BCUT2D eigenvalue weighted by atomic mass is 9.75. The average molecular weight is 798 g/mol. The number of carbonyl (C=O) groups excluding carboxylic acids is 2. The number of carbonyl (C=O) groups is 2. The molecule has 0 radical (unpaired) electrons. The number of benzene rings is 2. The van der Waals surface area contributed by atoms with Gasteiger partial charge in [0.15, 0.2) is 5.75 Å². The van der Waals surface area contributed by atoms with E-state index in [4.69, 9.17) is 54.0 Å². The van der Waals surface area contributed by atoms with Gasteiger partial charge in [-0.05, 0) is 113 Å². The van der Waals surface area contributed by atoms with Gasteiger partial charge >= 0.3 is 6.09 Å². The Morgan fingerprint density at radius 1 is 0.963 bits per heavy atom. The largest absolute Gasteiger partial charge is 0.485 e. The van der Waals surface area contributed by atoms with Crippen LogP contribution in [0.25, 0.3) is 0 Å². The Labute approximate surface area is 334 Å². The van der Waals surface area contributed by atoms with E-state index in [1.54, 1.807) is 7.11 Å².